The third kappa shape index (κ3) is 3.21. The lowest BCUT2D eigenvalue weighted by Gasteiger charge is -2.37. The molecule has 3 nitrogen and oxygen atoms in total. The van der Waals surface area contributed by atoms with Gasteiger partial charge in [0, 0.05) is 6.04 Å². The molecule has 1 saturated carbocycles. The number of rotatable bonds is 5. The Balaban J connectivity index is 2.56. The number of carboxylic acid groups (broad SMARTS) is 1. The third-order valence-corrected chi connectivity index (χ3v) is 4.14. The first-order valence-corrected chi connectivity index (χ1v) is 6.52. The largest absolute Gasteiger partial charge is 0.480 e. The summed E-state index contributed by atoms with van der Waals surface area (Å²) in [6.45, 7) is 4.13. The fourth-order valence-corrected chi connectivity index (χ4v) is 2.87. The minimum Gasteiger partial charge on any atom is -0.480 e. The van der Waals surface area contributed by atoms with Crippen molar-refractivity contribution >= 4 is 5.97 Å². The van der Waals surface area contributed by atoms with Crippen LogP contribution >= 0.6 is 0 Å². The summed E-state index contributed by atoms with van der Waals surface area (Å²) < 4.78 is 0. The molecule has 0 bridgehead atoms. The van der Waals surface area contributed by atoms with Crippen LogP contribution in [-0.2, 0) is 4.79 Å². The van der Waals surface area contributed by atoms with Crippen molar-refractivity contribution in [2.24, 2.45) is 5.92 Å². The Morgan fingerprint density at radius 2 is 1.94 bits per heavy atom. The van der Waals surface area contributed by atoms with Crippen molar-refractivity contribution in [3.05, 3.63) is 0 Å². The van der Waals surface area contributed by atoms with Crippen molar-refractivity contribution in [1.29, 1.82) is 0 Å². The second-order valence-electron chi connectivity index (χ2n) is 5.07. The second kappa shape index (κ2) is 6.24. The number of nitrogens with zero attached hydrogens (tertiary/aromatic N) is 1. The van der Waals surface area contributed by atoms with Gasteiger partial charge in [0.1, 0.15) is 6.04 Å². The van der Waals surface area contributed by atoms with Gasteiger partial charge < -0.3 is 5.11 Å². The summed E-state index contributed by atoms with van der Waals surface area (Å²) in [4.78, 5) is 13.2. The first-order valence-electron chi connectivity index (χ1n) is 6.52. The molecule has 0 aromatic heterocycles. The topological polar surface area (TPSA) is 40.5 Å². The molecule has 0 spiro atoms. The van der Waals surface area contributed by atoms with E-state index in [0.29, 0.717) is 18.4 Å². The number of aliphatic carboxylic acids is 1. The summed E-state index contributed by atoms with van der Waals surface area (Å²) in [5.41, 5.74) is 0. The summed E-state index contributed by atoms with van der Waals surface area (Å²) in [6.07, 6.45) is 7.19. The van der Waals surface area contributed by atoms with Gasteiger partial charge in [-0.3, -0.25) is 9.69 Å². The van der Waals surface area contributed by atoms with Crippen LogP contribution in [0.3, 0.4) is 0 Å². The lowest BCUT2D eigenvalue weighted by atomic mass is 9.83. The lowest BCUT2D eigenvalue weighted by molar-refractivity contribution is -0.144. The van der Waals surface area contributed by atoms with Gasteiger partial charge in [-0.25, -0.2) is 0 Å². The molecule has 94 valence electrons. The molecule has 0 amide bonds. The number of hydrogen-bond donors (Lipinski definition) is 1. The maximum absolute atomic E-state index is 11.1. The smallest absolute Gasteiger partial charge is 0.320 e. The van der Waals surface area contributed by atoms with Crippen LogP contribution in [0, 0.1) is 5.92 Å². The molecule has 16 heavy (non-hydrogen) atoms. The predicted molar refractivity (Wildman–Crippen MR) is 65.5 cm³/mol. The first-order chi connectivity index (χ1) is 7.57. The van der Waals surface area contributed by atoms with Crippen molar-refractivity contribution in [3.63, 3.8) is 0 Å². The van der Waals surface area contributed by atoms with E-state index in [2.05, 4.69) is 11.8 Å². The van der Waals surface area contributed by atoms with Crippen LogP contribution in [0.5, 0.6) is 0 Å². The lowest BCUT2D eigenvalue weighted by Crippen LogP contribution is -2.46. The fourth-order valence-electron chi connectivity index (χ4n) is 2.87. The Kier molecular flexibility index (Phi) is 5.26. The monoisotopic (exact) mass is 227 g/mol. The van der Waals surface area contributed by atoms with E-state index in [-0.39, 0.29) is 6.04 Å². The summed E-state index contributed by atoms with van der Waals surface area (Å²) >= 11 is 0. The average molecular weight is 227 g/mol. The molecule has 3 heteroatoms. The van der Waals surface area contributed by atoms with Crippen molar-refractivity contribution in [2.45, 2.75) is 64.5 Å². The van der Waals surface area contributed by atoms with Gasteiger partial charge in [0.25, 0.3) is 0 Å². The summed E-state index contributed by atoms with van der Waals surface area (Å²) in [6, 6.07) is 0.0678. The van der Waals surface area contributed by atoms with Gasteiger partial charge in [-0.1, -0.05) is 26.2 Å². The predicted octanol–water partition coefficient (Wildman–Crippen LogP) is 2.75. The van der Waals surface area contributed by atoms with E-state index in [0.717, 1.165) is 0 Å². The molecule has 1 rings (SSSR count). The van der Waals surface area contributed by atoms with E-state index in [1.54, 1.807) is 0 Å². The fraction of sp³-hybridized carbons (Fsp3) is 0.923. The first kappa shape index (κ1) is 13.5. The Morgan fingerprint density at radius 3 is 2.38 bits per heavy atom. The van der Waals surface area contributed by atoms with Crippen molar-refractivity contribution < 1.29 is 9.90 Å². The highest BCUT2D eigenvalue weighted by molar-refractivity contribution is 5.73. The number of hydrogen-bond acceptors (Lipinski definition) is 2. The third-order valence-electron chi connectivity index (χ3n) is 4.14. The molecule has 0 aromatic rings. The normalized spacial score (nSPS) is 22.0. The van der Waals surface area contributed by atoms with Crippen LogP contribution in [0.25, 0.3) is 0 Å². The van der Waals surface area contributed by atoms with Gasteiger partial charge in [0.15, 0.2) is 0 Å². The highest BCUT2D eigenvalue weighted by atomic mass is 16.4. The van der Waals surface area contributed by atoms with Crippen LogP contribution in [0.4, 0.5) is 0 Å². The molecule has 1 aliphatic carbocycles. The number of carboxylic acids is 1. The van der Waals surface area contributed by atoms with Crippen molar-refractivity contribution in [3.8, 4) is 0 Å². The Hall–Kier alpha value is -0.570. The van der Waals surface area contributed by atoms with Crippen LogP contribution in [-0.4, -0.2) is 35.1 Å². The molecule has 0 radical (unpaired) electrons. The van der Waals surface area contributed by atoms with Gasteiger partial charge in [0.05, 0.1) is 0 Å². The van der Waals surface area contributed by atoms with Gasteiger partial charge in [-0.15, -0.1) is 0 Å². The van der Waals surface area contributed by atoms with Crippen molar-refractivity contribution in [2.75, 3.05) is 7.05 Å². The molecule has 0 aromatic carbocycles. The molecule has 0 saturated heterocycles. The standard InChI is InChI=1S/C13H25NO2/c1-4-12(13(15)16)14(3)10(2)11-8-6-5-7-9-11/h10-12H,4-9H2,1-3H3,(H,15,16). The quantitative estimate of drug-likeness (QED) is 0.785. The van der Waals surface area contributed by atoms with E-state index in [4.69, 9.17) is 5.11 Å². The van der Waals surface area contributed by atoms with E-state index < -0.39 is 5.97 Å². The molecule has 0 heterocycles. The van der Waals surface area contributed by atoms with Crippen LogP contribution in [0.15, 0.2) is 0 Å². The zero-order chi connectivity index (χ0) is 12.1. The van der Waals surface area contributed by atoms with E-state index >= 15 is 0 Å². The molecule has 2 atom stereocenters. The minimum absolute atomic E-state index is 0.322. The van der Waals surface area contributed by atoms with Gasteiger partial charge in [-0.05, 0) is 39.2 Å². The van der Waals surface area contributed by atoms with Crippen LogP contribution in [0.2, 0.25) is 0 Å². The zero-order valence-corrected chi connectivity index (χ0v) is 10.8. The minimum atomic E-state index is -0.687. The summed E-state index contributed by atoms with van der Waals surface area (Å²) in [7, 11) is 1.96. The molecule has 1 aliphatic rings. The molecular formula is C13H25NO2. The van der Waals surface area contributed by atoms with E-state index in [1.165, 1.54) is 32.1 Å². The SMILES string of the molecule is CCC(C(=O)O)N(C)C(C)C1CCCCC1. The van der Waals surface area contributed by atoms with Gasteiger partial charge in [0.2, 0.25) is 0 Å². The van der Waals surface area contributed by atoms with Crippen LogP contribution < -0.4 is 0 Å². The van der Waals surface area contributed by atoms with E-state index in [9.17, 15) is 4.79 Å². The molecule has 1 fully saturated rings. The molecule has 2 unspecified atom stereocenters. The Bertz CT molecular complexity index is 224. The number of carbonyl (C=O) groups is 1. The second-order valence-corrected chi connectivity index (χ2v) is 5.07. The van der Waals surface area contributed by atoms with E-state index in [1.807, 2.05) is 14.0 Å². The highest BCUT2D eigenvalue weighted by Crippen LogP contribution is 2.29. The van der Waals surface area contributed by atoms with Crippen LogP contribution in [0.1, 0.15) is 52.4 Å². The summed E-state index contributed by atoms with van der Waals surface area (Å²) in [5.74, 6) is -0.000176. The maximum atomic E-state index is 11.1. The maximum Gasteiger partial charge on any atom is 0.320 e. The van der Waals surface area contributed by atoms with Crippen molar-refractivity contribution in [1.82, 2.24) is 4.90 Å². The Morgan fingerprint density at radius 1 is 1.38 bits per heavy atom. The molecule has 1 N–H and O–H groups in total. The van der Waals surface area contributed by atoms with Gasteiger partial charge >= 0.3 is 5.97 Å². The highest BCUT2D eigenvalue weighted by Gasteiger charge is 2.29. The summed E-state index contributed by atoms with van der Waals surface area (Å²) in [5, 5.41) is 9.15. The average Bonchev–Trinajstić information content (AvgIpc) is 2.29. The Labute approximate surface area is 98.8 Å². The van der Waals surface area contributed by atoms with Gasteiger partial charge in [-0.2, -0.15) is 0 Å². The zero-order valence-electron chi connectivity index (χ0n) is 10.8. The number of likely N-dealkylation sites (N-methyl/N-ethyl adjacent to an activating group) is 1. The molecule has 0 aliphatic heterocycles. The molecular weight excluding hydrogens is 202 g/mol.